The van der Waals surface area contributed by atoms with Gasteiger partial charge in [-0.1, -0.05) is 0 Å². The fourth-order valence-corrected chi connectivity index (χ4v) is 4.36. The lowest BCUT2D eigenvalue weighted by Gasteiger charge is -2.27. The van der Waals surface area contributed by atoms with E-state index in [9.17, 15) is 4.79 Å². The summed E-state index contributed by atoms with van der Waals surface area (Å²) in [6, 6.07) is 6.02. The molecule has 152 valence electrons. The first-order chi connectivity index (χ1) is 14.2. The van der Waals surface area contributed by atoms with Crippen LogP contribution in [-0.4, -0.2) is 67.6 Å². The molecule has 1 fully saturated rings. The second-order valence-electron chi connectivity index (χ2n) is 7.79. The van der Waals surface area contributed by atoms with E-state index in [-0.39, 0.29) is 12.5 Å². The number of amides is 1. The first kappa shape index (κ1) is 18.1. The van der Waals surface area contributed by atoms with Gasteiger partial charge in [-0.15, -0.1) is 5.10 Å². The zero-order valence-electron chi connectivity index (χ0n) is 16.6. The lowest BCUT2D eigenvalue weighted by Crippen LogP contribution is -2.38. The second-order valence-corrected chi connectivity index (χ2v) is 7.79. The average Bonchev–Trinajstić information content (AvgIpc) is 3.48. The summed E-state index contributed by atoms with van der Waals surface area (Å²) in [7, 11) is 1.67. The van der Waals surface area contributed by atoms with Gasteiger partial charge in [0.2, 0.25) is 5.91 Å². The van der Waals surface area contributed by atoms with E-state index < -0.39 is 0 Å². The van der Waals surface area contributed by atoms with Gasteiger partial charge in [-0.25, -0.2) is 4.68 Å². The maximum absolute atomic E-state index is 13.0. The van der Waals surface area contributed by atoms with Crippen molar-refractivity contribution in [3.05, 3.63) is 35.3 Å². The highest BCUT2D eigenvalue weighted by molar-refractivity contribution is 5.87. The van der Waals surface area contributed by atoms with Crippen molar-refractivity contribution in [1.82, 2.24) is 35.0 Å². The zero-order chi connectivity index (χ0) is 19.8. The van der Waals surface area contributed by atoms with Crippen molar-refractivity contribution in [1.29, 1.82) is 0 Å². The number of benzene rings is 1. The second kappa shape index (κ2) is 7.47. The van der Waals surface area contributed by atoms with Crippen LogP contribution in [0.25, 0.3) is 10.9 Å². The third kappa shape index (κ3) is 3.46. The first-order valence-corrected chi connectivity index (χ1v) is 10.1. The Morgan fingerprint density at radius 3 is 2.93 bits per heavy atom. The normalized spacial score (nSPS) is 17.1. The number of tetrazole rings is 1. The summed E-state index contributed by atoms with van der Waals surface area (Å²) in [6.07, 6.45) is 3.24. The van der Waals surface area contributed by atoms with Crippen molar-refractivity contribution in [2.75, 3.05) is 26.7 Å². The van der Waals surface area contributed by atoms with Crippen molar-refractivity contribution in [3.8, 4) is 5.75 Å². The Hall–Kier alpha value is -2.94. The Balaban J connectivity index is 1.32. The summed E-state index contributed by atoms with van der Waals surface area (Å²) in [5, 5.41) is 13.1. The number of fused-ring (bicyclic) bond motifs is 3. The Morgan fingerprint density at radius 1 is 1.24 bits per heavy atom. The van der Waals surface area contributed by atoms with Crippen LogP contribution in [0.4, 0.5) is 0 Å². The number of nitrogens with zero attached hydrogens (tertiary/aromatic N) is 6. The number of carbonyl (C=O) groups excluding carboxylic acids is 1. The van der Waals surface area contributed by atoms with E-state index in [1.807, 2.05) is 23.1 Å². The summed E-state index contributed by atoms with van der Waals surface area (Å²) in [6.45, 7) is 4.30. The van der Waals surface area contributed by atoms with Crippen molar-refractivity contribution in [3.63, 3.8) is 0 Å². The van der Waals surface area contributed by atoms with Crippen molar-refractivity contribution < 1.29 is 9.53 Å². The standard InChI is InChI=1S/C20H25N7O2/c1-29-14-4-5-17-15(10-14)16-11-26(9-6-18(16)21-17)20(28)13-27-19(22-23-24-27)12-25-7-2-3-8-25/h4-5,10,21H,2-3,6-9,11-13H2,1H3. The molecule has 3 aromatic rings. The predicted molar refractivity (Wildman–Crippen MR) is 106 cm³/mol. The molecule has 1 amide bonds. The maximum Gasteiger partial charge on any atom is 0.244 e. The predicted octanol–water partition coefficient (Wildman–Crippen LogP) is 1.34. The molecule has 0 radical (unpaired) electrons. The highest BCUT2D eigenvalue weighted by atomic mass is 16.5. The summed E-state index contributed by atoms with van der Waals surface area (Å²) >= 11 is 0. The van der Waals surface area contributed by atoms with Gasteiger partial charge >= 0.3 is 0 Å². The number of methoxy groups -OCH3 is 1. The molecule has 2 aromatic heterocycles. The third-order valence-electron chi connectivity index (χ3n) is 5.99. The molecule has 0 spiro atoms. The molecule has 29 heavy (non-hydrogen) atoms. The molecule has 1 aromatic carbocycles. The Bertz CT molecular complexity index is 1030. The molecular weight excluding hydrogens is 370 g/mol. The molecule has 5 rings (SSSR count). The minimum absolute atomic E-state index is 0.0443. The van der Waals surface area contributed by atoms with Gasteiger partial charge in [0.1, 0.15) is 12.3 Å². The van der Waals surface area contributed by atoms with E-state index in [1.54, 1.807) is 11.8 Å². The summed E-state index contributed by atoms with van der Waals surface area (Å²) in [5.41, 5.74) is 3.46. The van der Waals surface area contributed by atoms with Gasteiger partial charge in [-0.3, -0.25) is 9.69 Å². The van der Waals surface area contributed by atoms with Crippen molar-refractivity contribution in [2.45, 2.75) is 38.9 Å². The van der Waals surface area contributed by atoms with Gasteiger partial charge < -0.3 is 14.6 Å². The highest BCUT2D eigenvalue weighted by Gasteiger charge is 2.25. The van der Waals surface area contributed by atoms with Crippen LogP contribution >= 0.6 is 0 Å². The van der Waals surface area contributed by atoms with E-state index in [4.69, 9.17) is 4.74 Å². The zero-order valence-corrected chi connectivity index (χ0v) is 16.6. The number of H-pyrrole nitrogens is 1. The first-order valence-electron chi connectivity index (χ1n) is 10.1. The van der Waals surface area contributed by atoms with Crippen LogP contribution < -0.4 is 4.74 Å². The van der Waals surface area contributed by atoms with Crippen LogP contribution in [-0.2, 0) is 30.8 Å². The van der Waals surface area contributed by atoms with Gasteiger partial charge in [0.05, 0.1) is 13.7 Å². The fraction of sp³-hybridized carbons (Fsp3) is 0.500. The van der Waals surface area contributed by atoms with Crippen molar-refractivity contribution in [2.24, 2.45) is 0 Å². The van der Waals surface area contributed by atoms with E-state index in [2.05, 4.69) is 25.4 Å². The molecule has 1 N–H and O–H groups in total. The molecular formula is C20H25N7O2. The van der Waals surface area contributed by atoms with Crippen LogP contribution in [0.2, 0.25) is 0 Å². The number of carbonyl (C=O) groups is 1. The molecule has 0 atom stereocenters. The molecule has 0 unspecified atom stereocenters. The molecule has 0 saturated carbocycles. The Labute approximate surface area is 168 Å². The number of rotatable bonds is 5. The van der Waals surface area contributed by atoms with E-state index in [0.717, 1.165) is 42.0 Å². The maximum atomic E-state index is 13.0. The summed E-state index contributed by atoms with van der Waals surface area (Å²) < 4.78 is 7.02. The Morgan fingerprint density at radius 2 is 2.10 bits per heavy atom. The Kier molecular flexibility index (Phi) is 4.67. The molecule has 4 heterocycles. The van der Waals surface area contributed by atoms with Crippen LogP contribution in [0.15, 0.2) is 18.2 Å². The monoisotopic (exact) mass is 395 g/mol. The highest BCUT2D eigenvalue weighted by Crippen LogP contribution is 2.30. The minimum Gasteiger partial charge on any atom is -0.497 e. The number of ether oxygens (including phenoxy) is 1. The largest absolute Gasteiger partial charge is 0.497 e. The van der Waals surface area contributed by atoms with Gasteiger partial charge in [-0.05, 0) is 54.6 Å². The number of hydrogen-bond acceptors (Lipinski definition) is 6. The third-order valence-corrected chi connectivity index (χ3v) is 5.99. The van der Waals surface area contributed by atoms with Gasteiger partial charge in [0.15, 0.2) is 5.82 Å². The number of aromatic amines is 1. The topological polar surface area (TPSA) is 92.2 Å². The van der Waals surface area contributed by atoms with Crippen LogP contribution in [0.3, 0.4) is 0 Å². The summed E-state index contributed by atoms with van der Waals surface area (Å²) in [4.78, 5) is 20.7. The fourth-order valence-electron chi connectivity index (χ4n) is 4.36. The average molecular weight is 395 g/mol. The number of aromatic nitrogens is 5. The molecule has 1 saturated heterocycles. The molecule has 0 bridgehead atoms. The molecule has 2 aliphatic heterocycles. The van der Waals surface area contributed by atoms with Crippen LogP contribution in [0, 0.1) is 0 Å². The van der Waals surface area contributed by atoms with E-state index in [0.29, 0.717) is 19.6 Å². The lowest BCUT2D eigenvalue weighted by atomic mass is 10.0. The quantitative estimate of drug-likeness (QED) is 0.701. The number of hydrogen-bond donors (Lipinski definition) is 1. The molecule has 9 nitrogen and oxygen atoms in total. The number of nitrogens with one attached hydrogen (secondary N) is 1. The van der Waals surface area contributed by atoms with Gasteiger partial charge in [0.25, 0.3) is 0 Å². The SMILES string of the molecule is COc1ccc2[nH]c3c(c2c1)CN(C(=O)Cn1nnnc1CN1CCCC1)CC3. The van der Waals surface area contributed by atoms with Crippen molar-refractivity contribution >= 4 is 16.8 Å². The van der Waals surface area contributed by atoms with Crippen LogP contribution in [0.1, 0.15) is 29.9 Å². The minimum atomic E-state index is 0.0443. The summed E-state index contributed by atoms with van der Waals surface area (Å²) in [5.74, 6) is 1.63. The smallest absolute Gasteiger partial charge is 0.244 e. The molecule has 9 heteroatoms. The lowest BCUT2D eigenvalue weighted by molar-refractivity contribution is -0.133. The van der Waals surface area contributed by atoms with Crippen LogP contribution in [0.5, 0.6) is 5.75 Å². The van der Waals surface area contributed by atoms with E-state index in [1.165, 1.54) is 24.1 Å². The van der Waals surface area contributed by atoms with E-state index >= 15 is 0 Å². The number of likely N-dealkylation sites (tertiary alicyclic amines) is 1. The molecule has 0 aliphatic carbocycles. The molecule has 2 aliphatic rings. The van der Waals surface area contributed by atoms with Gasteiger partial charge in [-0.2, -0.15) is 0 Å². The van der Waals surface area contributed by atoms with Gasteiger partial charge in [0, 0.05) is 41.7 Å².